The molecule has 0 aliphatic heterocycles. The number of rotatable bonds is 6. The molecule has 0 saturated carbocycles. The molecule has 2 N–H and O–H groups in total. The molecular weight excluding hydrogens is 428 g/mol. The van der Waals surface area contributed by atoms with E-state index in [0.717, 1.165) is 23.0 Å². The summed E-state index contributed by atoms with van der Waals surface area (Å²) in [5.41, 5.74) is -0.839. The van der Waals surface area contributed by atoms with Crippen LogP contribution in [0.5, 0.6) is 0 Å². The van der Waals surface area contributed by atoms with Crippen molar-refractivity contribution in [1.29, 1.82) is 0 Å². The summed E-state index contributed by atoms with van der Waals surface area (Å²) in [7, 11) is -3.99. The minimum absolute atomic E-state index is 0.0461. The number of aromatic nitrogens is 2. The fourth-order valence-corrected chi connectivity index (χ4v) is 3.48. The van der Waals surface area contributed by atoms with Crippen molar-refractivity contribution >= 4 is 27.3 Å². The van der Waals surface area contributed by atoms with Crippen LogP contribution in [0.1, 0.15) is 5.69 Å². The predicted molar refractivity (Wildman–Crippen MR) is 99.5 cm³/mol. The van der Waals surface area contributed by atoms with E-state index in [1.54, 1.807) is 0 Å². The first kappa shape index (κ1) is 21.3. The molecule has 0 radical (unpaired) electrons. The highest BCUT2D eigenvalue weighted by Gasteiger charge is 2.33. The Labute approximate surface area is 168 Å². The van der Waals surface area contributed by atoms with Gasteiger partial charge >= 0.3 is 6.18 Å². The number of sulfonamides is 1. The molecule has 0 aliphatic rings. The molecule has 7 nitrogen and oxygen atoms in total. The molecule has 3 rings (SSSR count). The van der Waals surface area contributed by atoms with E-state index in [2.05, 4.69) is 15.1 Å². The molecule has 1 heterocycles. The van der Waals surface area contributed by atoms with E-state index >= 15 is 0 Å². The maximum atomic E-state index is 13.2. The van der Waals surface area contributed by atoms with Gasteiger partial charge in [-0.1, -0.05) is 6.07 Å². The van der Waals surface area contributed by atoms with E-state index in [1.165, 1.54) is 42.5 Å². The second kappa shape index (κ2) is 8.14. The second-order valence-corrected chi connectivity index (χ2v) is 7.77. The Hall–Kier alpha value is -3.41. The topological polar surface area (TPSA) is 93.1 Å². The molecule has 1 amide bonds. The van der Waals surface area contributed by atoms with E-state index in [9.17, 15) is 30.8 Å². The van der Waals surface area contributed by atoms with Crippen LogP contribution in [-0.4, -0.2) is 24.1 Å². The van der Waals surface area contributed by atoms with Gasteiger partial charge in [-0.15, -0.1) is 0 Å². The molecule has 0 fully saturated rings. The fraction of sp³-hybridized carbons (Fsp3) is 0.111. The SMILES string of the molecule is O=C(Cn1ccc(C(F)(F)F)n1)Nc1ccc(S(=O)(=O)Nc2cccc(F)c2)cc1. The second-order valence-electron chi connectivity index (χ2n) is 6.08. The van der Waals surface area contributed by atoms with Crippen molar-refractivity contribution in [2.45, 2.75) is 17.6 Å². The van der Waals surface area contributed by atoms with Crippen LogP contribution in [0.3, 0.4) is 0 Å². The van der Waals surface area contributed by atoms with Gasteiger partial charge in [-0.2, -0.15) is 18.3 Å². The van der Waals surface area contributed by atoms with Crippen LogP contribution in [0, 0.1) is 5.82 Å². The number of hydrogen-bond donors (Lipinski definition) is 2. The number of hydrogen-bond acceptors (Lipinski definition) is 4. The Morgan fingerprint density at radius 1 is 1.03 bits per heavy atom. The van der Waals surface area contributed by atoms with Crippen LogP contribution in [0.4, 0.5) is 28.9 Å². The molecule has 12 heteroatoms. The van der Waals surface area contributed by atoms with Crippen molar-refractivity contribution in [2.24, 2.45) is 0 Å². The number of benzene rings is 2. The van der Waals surface area contributed by atoms with Gasteiger partial charge < -0.3 is 5.32 Å². The highest BCUT2D eigenvalue weighted by molar-refractivity contribution is 7.92. The number of halogens is 4. The Morgan fingerprint density at radius 3 is 2.33 bits per heavy atom. The van der Waals surface area contributed by atoms with Crippen LogP contribution < -0.4 is 10.0 Å². The zero-order valence-corrected chi connectivity index (χ0v) is 15.8. The molecule has 0 unspecified atom stereocenters. The zero-order chi connectivity index (χ0) is 21.9. The van der Waals surface area contributed by atoms with E-state index in [4.69, 9.17) is 0 Å². The third-order valence-electron chi connectivity index (χ3n) is 3.76. The summed E-state index contributed by atoms with van der Waals surface area (Å²) < 4.78 is 78.5. The molecule has 0 aliphatic carbocycles. The normalized spacial score (nSPS) is 11.9. The molecule has 1 aromatic heterocycles. The van der Waals surface area contributed by atoms with Gasteiger partial charge in [0.2, 0.25) is 5.91 Å². The Morgan fingerprint density at radius 2 is 1.73 bits per heavy atom. The fourth-order valence-electron chi connectivity index (χ4n) is 2.43. The first-order valence-corrected chi connectivity index (χ1v) is 9.80. The van der Waals surface area contributed by atoms with Crippen molar-refractivity contribution in [1.82, 2.24) is 9.78 Å². The number of carbonyl (C=O) groups is 1. The minimum Gasteiger partial charge on any atom is -0.324 e. The summed E-state index contributed by atoms with van der Waals surface area (Å²) in [5, 5.41) is 5.70. The molecule has 3 aromatic rings. The van der Waals surface area contributed by atoms with Crippen molar-refractivity contribution in [3.05, 3.63) is 72.3 Å². The summed E-state index contributed by atoms with van der Waals surface area (Å²) in [4.78, 5) is 11.8. The summed E-state index contributed by atoms with van der Waals surface area (Å²) in [6.45, 7) is -0.461. The maximum absolute atomic E-state index is 13.2. The zero-order valence-electron chi connectivity index (χ0n) is 15.0. The molecule has 0 bridgehead atoms. The van der Waals surface area contributed by atoms with Crippen molar-refractivity contribution in [2.75, 3.05) is 10.0 Å². The molecule has 0 saturated heterocycles. The van der Waals surface area contributed by atoms with Crippen molar-refractivity contribution in [3.8, 4) is 0 Å². The van der Waals surface area contributed by atoms with E-state index < -0.39 is 40.2 Å². The van der Waals surface area contributed by atoms with Crippen LogP contribution in [0.15, 0.2) is 65.7 Å². The van der Waals surface area contributed by atoms with Gasteiger partial charge in [0.25, 0.3) is 10.0 Å². The Kier molecular flexibility index (Phi) is 5.78. The largest absolute Gasteiger partial charge is 0.435 e. The first-order valence-electron chi connectivity index (χ1n) is 8.32. The number of alkyl halides is 3. The van der Waals surface area contributed by atoms with Gasteiger partial charge in [-0.3, -0.25) is 14.2 Å². The third kappa shape index (κ3) is 5.35. The summed E-state index contributed by atoms with van der Waals surface area (Å²) in [6.07, 6.45) is -3.58. The van der Waals surface area contributed by atoms with Gasteiger partial charge in [-0.25, -0.2) is 12.8 Å². The van der Waals surface area contributed by atoms with Gasteiger partial charge in [0.05, 0.1) is 10.6 Å². The van der Waals surface area contributed by atoms with Crippen molar-refractivity contribution in [3.63, 3.8) is 0 Å². The highest BCUT2D eigenvalue weighted by Crippen LogP contribution is 2.27. The van der Waals surface area contributed by atoms with E-state index in [0.29, 0.717) is 0 Å². The van der Waals surface area contributed by atoms with Crippen LogP contribution in [0.2, 0.25) is 0 Å². The highest BCUT2D eigenvalue weighted by atomic mass is 32.2. The number of amides is 1. The molecule has 0 atom stereocenters. The Bertz CT molecular complexity index is 1160. The number of anilines is 2. The summed E-state index contributed by atoms with van der Waals surface area (Å²) >= 11 is 0. The van der Waals surface area contributed by atoms with Gasteiger partial charge in [0.15, 0.2) is 5.69 Å². The average molecular weight is 442 g/mol. The third-order valence-corrected chi connectivity index (χ3v) is 5.16. The molecular formula is C18H14F4N4O3S. The van der Waals surface area contributed by atoms with E-state index in [1.807, 2.05) is 0 Å². The lowest BCUT2D eigenvalue weighted by Crippen LogP contribution is -2.20. The lowest BCUT2D eigenvalue weighted by molar-refractivity contribution is -0.141. The van der Waals surface area contributed by atoms with Gasteiger partial charge in [0, 0.05) is 11.9 Å². The lowest BCUT2D eigenvalue weighted by Gasteiger charge is -2.10. The summed E-state index contributed by atoms with van der Waals surface area (Å²) in [5.74, 6) is -1.26. The van der Waals surface area contributed by atoms with Gasteiger partial charge in [-0.05, 0) is 48.5 Å². The smallest absolute Gasteiger partial charge is 0.324 e. The monoisotopic (exact) mass is 442 g/mol. The molecule has 2 aromatic carbocycles. The standard InChI is InChI=1S/C18H14F4N4O3S/c19-12-2-1-3-14(10-12)25-30(28,29)15-6-4-13(5-7-15)23-17(27)11-26-9-8-16(24-26)18(20,21)22/h1-10,25H,11H2,(H,23,27). The van der Waals surface area contributed by atoms with E-state index in [-0.39, 0.29) is 16.3 Å². The van der Waals surface area contributed by atoms with Crippen LogP contribution in [0.25, 0.3) is 0 Å². The average Bonchev–Trinajstić information content (AvgIpc) is 3.10. The summed E-state index contributed by atoms with van der Waals surface area (Å²) in [6, 6.07) is 10.7. The number of carbonyl (C=O) groups excluding carboxylic acids is 1. The molecule has 158 valence electrons. The lowest BCUT2D eigenvalue weighted by atomic mass is 10.3. The minimum atomic E-state index is -4.61. The quantitative estimate of drug-likeness (QED) is 0.572. The molecule has 0 spiro atoms. The van der Waals surface area contributed by atoms with Crippen LogP contribution >= 0.6 is 0 Å². The van der Waals surface area contributed by atoms with Crippen LogP contribution in [-0.2, 0) is 27.5 Å². The number of nitrogens with zero attached hydrogens (tertiary/aromatic N) is 2. The number of nitrogens with one attached hydrogen (secondary N) is 2. The van der Waals surface area contributed by atoms with Crippen molar-refractivity contribution < 1.29 is 30.8 Å². The Balaban J connectivity index is 1.63. The molecule has 30 heavy (non-hydrogen) atoms. The first-order chi connectivity index (χ1) is 14.0. The van der Waals surface area contributed by atoms with Gasteiger partial charge in [0.1, 0.15) is 12.4 Å². The predicted octanol–water partition coefficient (Wildman–Crippen LogP) is 3.48. The maximum Gasteiger partial charge on any atom is 0.435 e.